The monoisotopic (exact) mass is 468 g/mol. The predicted octanol–water partition coefficient (Wildman–Crippen LogP) is 6.03. The third-order valence-electron chi connectivity index (χ3n) is 5.17. The number of carbonyl (C=O) groups excluding carboxylic acids is 2. The molecule has 1 aliphatic rings. The number of likely N-dealkylation sites (N-methyl/N-ethyl adjacent to an activating group) is 1. The van der Waals surface area contributed by atoms with E-state index in [2.05, 4.69) is 0 Å². The van der Waals surface area contributed by atoms with E-state index in [0.717, 1.165) is 39.3 Å². The fourth-order valence-electron chi connectivity index (χ4n) is 3.45. The summed E-state index contributed by atoms with van der Waals surface area (Å²) in [5.74, 6) is -1.34. The molecule has 3 aromatic carbocycles. The number of hydrogen-bond donors (Lipinski definition) is 0. The van der Waals surface area contributed by atoms with Crippen LogP contribution in [0.3, 0.4) is 0 Å². The number of carbonyl (C=O) groups is 2. The Bertz CT molecular complexity index is 1240. The summed E-state index contributed by atoms with van der Waals surface area (Å²) in [6.45, 7) is 1.93. The largest absolute Gasteiger partial charge is 0.416 e. The normalized spacial score (nSPS) is 14.3. The maximum atomic E-state index is 13.5. The number of hydrogen-bond acceptors (Lipinski definition) is 4. The Morgan fingerprint density at radius 3 is 2.15 bits per heavy atom. The molecule has 0 unspecified atom stereocenters. The summed E-state index contributed by atoms with van der Waals surface area (Å²) in [5.41, 5.74) is 0.751. The molecule has 4 rings (SSSR count). The molecule has 0 atom stereocenters. The van der Waals surface area contributed by atoms with Gasteiger partial charge in [-0.3, -0.25) is 9.59 Å². The Kier molecular flexibility index (Phi) is 6.03. The molecule has 0 radical (unpaired) electrons. The van der Waals surface area contributed by atoms with Gasteiger partial charge in [-0.15, -0.1) is 0 Å². The third kappa shape index (κ3) is 4.52. The van der Waals surface area contributed by atoms with Crippen LogP contribution in [0.5, 0.6) is 0 Å². The molecule has 2 amide bonds. The summed E-state index contributed by atoms with van der Waals surface area (Å²) in [5, 5.41) is 0. The van der Waals surface area contributed by atoms with E-state index >= 15 is 0 Å². The van der Waals surface area contributed by atoms with E-state index in [1.165, 1.54) is 12.1 Å². The summed E-state index contributed by atoms with van der Waals surface area (Å²) >= 11 is 1.11. The Morgan fingerprint density at radius 1 is 0.848 bits per heavy atom. The molecule has 0 fully saturated rings. The topological polar surface area (TPSA) is 40.6 Å². The van der Waals surface area contributed by atoms with Crippen molar-refractivity contribution in [1.29, 1.82) is 0 Å². The van der Waals surface area contributed by atoms with Gasteiger partial charge in [-0.1, -0.05) is 53.7 Å². The fourth-order valence-corrected chi connectivity index (χ4v) is 4.45. The highest BCUT2D eigenvalue weighted by Gasteiger charge is 2.43. The van der Waals surface area contributed by atoms with Crippen LogP contribution in [0.2, 0.25) is 0 Å². The van der Waals surface area contributed by atoms with Crippen molar-refractivity contribution >= 4 is 35.0 Å². The maximum absolute atomic E-state index is 13.5. The van der Waals surface area contributed by atoms with Crippen molar-refractivity contribution in [1.82, 2.24) is 0 Å². The van der Waals surface area contributed by atoms with E-state index in [-0.39, 0.29) is 16.3 Å². The minimum atomic E-state index is -4.60. The molecule has 0 saturated heterocycles. The van der Waals surface area contributed by atoms with E-state index in [0.29, 0.717) is 5.69 Å². The molecule has 0 N–H and O–H groups in total. The van der Waals surface area contributed by atoms with Crippen LogP contribution in [0.4, 0.5) is 24.5 Å². The van der Waals surface area contributed by atoms with Gasteiger partial charge in [0.2, 0.25) is 0 Å². The van der Waals surface area contributed by atoms with Crippen molar-refractivity contribution in [2.75, 3.05) is 16.8 Å². The number of nitrogens with zero attached hydrogens (tertiary/aromatic N) is 2. The lowest BCUT2D eigenvalue weighted by atomic mass is 10.2. The van der Waals surface area contributed by atoms with Crippen molar-refractivity contribution in [3.05, 3.63) is 101 Å². The van der Waals surface area contributed by atoms with Crippen LogP contribution < -0.4 is 9.80 Å². The number of imide groups is 1. The van der Waals surface area contributed by atoms with Gasteiger partial charge in [-0.25, -0.2) is 4.90 Å². The molecular weight excluding hydrogens is 449 g/mol. The lowest BCUT2D eigenvalue weighted by molar-refractivity contribution is -0.137. The smallest absolute Gasteiger partial charge is 0.339 e. The lowest BCUT2D eigenvalue weighted by Crippen LogP contribution is -2.34. The number of benzene rings is 3. The van der Waals surface area contributed by atoms with Gasteiger partial charge in [0.15, 0.2) is 0 Å². The number of amides is 2. The maximum Gasteiger partial charge on any atom is 0.416 e. The molecule has 0 bridgehead atoms. The van der Waals surface area contributed by atoms with E-state index in [4.69, 9.17) is 0 Å². The van der Waals surface area contributed by atoms with Gasteiger partial charge in [-0.05, 0) is 49.4 Å². The zero-order valence-electron chi connectivity index (χ0n) is 17.8. The zero-order chi connectivity index (χ0) is 23.8. The lowest BCUT2D eigenvalue weighted by Gasteiger charge is -2.21. The Morgan fingerprint density at radius 2 is 1.52 bits per heavy atom. The molecule has 0 aliphatic carbocycles. The highest BCUT2D eigenvalue weighted by Crippen LogP contribution is 2.40. The van der Waals surface area contributed by atoms with Crippen LogP contribution in [-0.2, 0) is 15.8 Å². The summed E-state index contributed by atoms with van der Waals surface area (Å²) in [7, 11) is 1.65. The van der Waals surface area contributed by atoms with Crippen LogP contribution >= 0.6 is 11.8 Å². The average Bonchev–Trinajstić information content (AvgIpc) is 3.04. The minimum Gasteiger partial charge on any atom is -0.339 e. The van der Waals surface area contributed by atoms with Crippen LogP contribution in [0.25, 0.3) is 0 Å². The first-order valence-electron chi connectivity index (χ1n) is 10.0. The van der Waals surface area contributed by atoms with Gasteiger partial charge in [0, 0.05) is 17.6 Å². The second-order valence-corrected chi connectivity index (χ2v) is 8.56. The second-order valence-electron chi connectivity index (χ2n) is 7.48. The van der Waals surface area contributed by atoms with Crippen molar-refractivity contribution in [2.45, 2.75) is 18.0 Å². The predicted molar refractivity (Wildman–Crippen MR) is 123 cm³/mol. The second kappa shape index (κ2) is 8.78. The van der Waals surface area contributed by atoms with Crippen molar-refractivity contribution in [3.8, 4) is 0 Å². The number of anilines is 2. The van der Waals surface area contributed by atoms with Crippen molar-refractivity contribution < 1.29 is 22.8 Å². The molecule has 168 valence electrons. The molecular formula is C25H19F3N2O2S. The highest BCUT2D eigenvalue weighted by molar-refractivity contribution is 8.04. The molecule has 0 aromatic heterocycles. The first-order chi connectivity index (χ1) is 15.7. The number of aryl methyl sites for hydroxylation is 1. The van der Waals surface area contributed by atoms with Crippen LogP contribution in [0, 0.1) is 6.92 Å². The number of rotatable bonds is 5. The molecule has 1 aliphatic heterocycles. The summed E-state index contributed by atoms with van der Waals surface area (Å²) in [6, 6.07) is 20.6. The summed E-state index contributed by atoms with van der Waals surface area (Å²) < 4.78 is 39.8. The van der Waals surface area contributed by atoms with Crippen molar-refractivity contribution in [3.63, 3.8) is 0 Å². The highest BCUT2D eigenvalue weighted by atomic mass is 32.2. The zero-order valence-corrected chi connectivity index (χ0v) is 18.6. The van der Waals surface area contributed by atoms with Crippen LogP contribution in [0.15, 0.2) is 94.4 Å². The number of halogens is 3. The first kappa shape index (κ1) is 22.7. The van der Waals surface area contributed by atoms with Crippen molar-refractivity contribution in [2.24, 2.45) is 0 Å². The van der Waals surface area contributed by atoms with Crippen LogP contribution in [-0.4, -0.2) is 18.9 Å². The first-order valence-corrected chi connectivity index (χ1v) is 10.8. The van der Waals surface area contributed by atoms with Crippen LogP contribution in [0.1, 0.15) is 11.1 Å². The molecule has 4 nitrogen and oxygen atoms in total. The summed E-state index contributed by atoms with van der Waals surface area (Å²) in [4.78, 5) is 30.1. The van der Waals surface area contributed by atoms with Gasteiger partial charge < -0.3 is 4.90 Å². The number of thioether (sulfide) groups is 1. The summed E-state index contributed by atoms with van der Waals surface area (Å²) in [6.07, 6.45) is -4.60. The number of alkyl halides is 3. The molecule has 0 spiro atoms. The third-order valence-corrected chi connectivity index (χ3v) is 6.25. The molecule has 8 heteroatoms. The van der Waals surface area contributed by atoms with E-state index in [1.54, 1.807) is 36.2 Å². The molecule has 3 aromatic rings. The number of para-hydroxylation sites is 1. The Labute approximate surface area is 193 Å². The van der Waals surface area contributed by atoms with Gasteiger partial charge in [0.05, 0.1) is 11.3 Å². The molecule has 0 saturated carbocycles. The minimum absolute atomic E-state index is 0.106. The van der Waals surface area contributed by atoms with E-state index in [1.807, 2.05) is 37.3 Å². The van der Waals surface area contributed by atoms with Gasteiger partial charge >= 0.3 is 6.18 Å². The SMILES string of the molecule is Cc1ccc(SC2=C(N(C)c3ccccc3)C(=O)N(c3cccc(C(F)(F)F)c3)C2=O)cc1. The standard InChI is InChI=1S/C25H19F3N2O2S/c1-16-11-13-20(14-12-16)33-22-21(29(2)18-8-4-3-5-9-18)23(31)30(24(22)32)19-10-6-7-17(15-19)25(26,27)28/h3-15H,1-2H3. The van der Waals surface area contributed by atoms with Gasteiger partial charge in [-0.2, -0.15) is 13.2 Å². The quantitative estimate of drug-likeness (QED) is 0.429. The Balaban J connectivity index is 1.79. The average molecular weight is 469 g/mol. The van der Waals surface area contributed by atoms with Gasteiger partial charge in [0.1, 0.15) is 10.6 Å². The van der Waals surface area contributed by atoms with Gasteiger partial charge in [0.25, 0.3) is 11.8 Å². The fraction of sp³-hybridized carbons (Fsp3) is 0.120. The van der Waals surface area contributed by atoms with E-state index in [9.17, 15) is 22.8 Å². The molecule has 33 heavy (non-hydrogen) atoms. The molecule has 1 heterocycles. The van der Waals surface area contributed by atoms with E-state index < -0.39 is 23.6 Å². The Hall–Kier alpha value is -3.52.